The number of aromatic nitrogens is 1. The van der Waals surface area contributed by atoms with Crippen molar-refractivity contribution in [3.8, 4) is 5.75 Å². The third-order valence-corrected chi connectivity index (χ3v) is 2.80. The molecule has 0 aliphatic rings. The van der Waals surface area contributed by atoms with Crippen LogP contribution in [-0.2, 0) is 6.61 Å². The molecular formula is C14H11NO4. The topological polar surface area (TPSA) is 65.5 Å². The summed E-state index contributed by atoms with van der Waals surface area (Å²) in [5.74, 6) is 0.615. The number of rotatable bonds is 3. The minimum absolute atomic E-state index is 0.304. The van der Waals surface area contributed by atoms with Gasteiger partial charge in [-0.2, -0.15) is 0 Å². The van der Waals surface area contributed by atoms with Gasteiger partial charge in [-0.05, 0) is 24.6 Å². The van der Waals surface area contributed by atoms with Crippen molar-refractivity contribution in [1.29, 1.82) is 0 Å². The van der Waals surface area contributed by atoms with Crippen molar-refractivity contribution in [2.45, 2.75) is 13.5 Å². The summed E-state index contributed by atoms with van der Waals surface area (Å²) < 4.78 is 15.4. The van der Waals surface area contributed by atoms with E-state index in [2.05, 4.69) is 5.16 Å². The first-order valence-corrected chi connectivity index (χ1v) is 5.79. The number of ether oxygens (including phenoxy) is 1. The van der Waals surface area contributed by atoms with E-state index in [0.717, 1.165) is 10.9 Å². The lowest BCUT2D eigenvalue weighted by Gasteiger charge is -2.05. The van der Waals surface area contributed by atoms with Gasteiger partial charge in [-0.3, -0.25) is 0 Å². The fourth-order valence-electron chi connectivity index (χ4n) is 1.86. The van der Waals surface area contributed by atoms with Gasteiger partial charge in [-0.25, -0.2) is 4.79 Å². The second-order valence-electron chi connectivity index (χ2n) is 4.19. The van der Waals surface area contributed by atoms with E-state index >= 15 is 0 Å². The Hall–Kier alpha value is -2.56. The number of nitrogens with zero attached hydrogens (tertiary/aromatic N) is 1. The first-order chi connectivity index (χ1) is 9.22. The third-order valence-electron chi connectivity index (χ3n) is 2.80. The molecule has 0 amide bonds. The van der Waals surface area contributed by atoms with Gasteiger partial charge in [0.15, 0.2) is 0 Å². The lowest BCUT2D eigenvalue weighted by Crippen LogP contribution is -1.99. The molecule has 3 rings (SSSR count). The second-order valence-corrected chi connectivity index (χ2v) is 4.19. The molecule has 2 heterocycles. The molecule has 0 fully saturated rings. The number of hydrogen-bond donors (Lipinski definition) is 0. The van der Waals surface area contributed by atoms with Gasteiger partial charge in [0.25, 0.3) is 0 Å². The first-order valence-electron chi connectivity index (χ1n) is 5.79. The van der Waals surface area contributed by atoms with Gasteiger partial charge in [-0.15, -0.1) is 0 Å². The minimum Gasteiger partial charge on any atom is -0.487 e. The molecule has 0 unspecified atom stereocenters. The number of benzene rings is 1. The molecule has 96 valence electrons. The summed E-state index contributed by atoms with van der Waals surface area (Å²) in [6, 6.07) is 8.59. The molecule has 0 spiro atoms. The predicted molar refractivity (Wildman–Crippen MR) is 68.1 cm³/mol. The van der Waals surface area contributed by atoms with Crippen LogP contribution in [0.15, 0.2) is 50.3 Å². The maximum absolute atomic E-state index is 11.3. The van der Waals surface area contributed by atoms with Crippen LogP contribution in [0, 0.1) is 6.92 Å². The highest BCUT2D eigenvalue weighted by Crippen LogP contribution is 2.22. The Kier molecular flexibility index (Phi) is 2.79. The van der Waals surface area contributed by atoms with Crippen molar-refractivity contribution in [3.05, 3.63) is 58.3 Å². The van der Waals surface area contributed by atoms with Crippen molar-refractivity contribution in [2.24, 2.45) is 0 Å². The number of aryl methyl sites for hydroxylation is 1. The van der Waals surface area contributed by atoms with E-state index in [9.17, 15) is 4.79 Å². The summed E-state index contributed by atoms with van der Waals surface area (Å²) in [5, 5.41) is 4.65. The van der Waals surface area contributed by atoms with Gasteiger partial charge in [-0.1, -0.05) is 5.16 Å². The Labute approximate surface area is 108 Å². The fraction of sp³-hybridized carbons (Fsp3) is 0.143. The molecule has 0 radical (unpaired) electrons. The van der Waals surface area contributed by atoms with E-state index in [-0.39, 0.29) is 5.63 Å². The van der Waals surface area contributed by atoms with Crippen LogP contribution in [-0.4, -0.2) is 5.16 Å². The largest absolute Gasteiger partial charge is 0.487 e. The Morgan fingerprint density at radius 2 is 2.16 bits per heavy atom. The van der Waals surface area contributed by atoms with Gasteiger partial charge in [0.05, 0.1) is 0 Å². The summed E-state index contributed by atoms with van der Waals surface area (Å²) in [4.78, 5) is 11.3. The fourth-order valence-corrected chi connectivity index (χ4v) is 1.86. The molecule has 0 N–H and O–H groups in total. The highest BCUT2D eigenvalue weighted by Gasteiger charge is 2.05. The molecule has 1 aromatic carbocycles. The smallest absolute Gasteiger partial charge is 0.336 e. The summed E-state index contributed by atoms with van der Waals surface area (Å²) in [7, 11) is 0. The quantitative estimate of drug-likeness (QED) is 0.675. The molecule has 0 bridgehead atoms. The summed E-state index contributed by atoms with van der Waals surface area (Å²) >= 11 is 0. The van der Waals surface area contributed by atoms with Crippen LogP contribution < -0.4 is 10.4 Å². The van der Waals surface area contributed by atoms with E-state index in [1.165, 1.54) is 12.3 Å². The normalized spacial score (nSPS) is 10.8. The summed E-state index contributed by atoms with van der Waals surface area (Å²) in [5.41, 5.74) is 1.74. The van der Waals surface area contributed by atoms with Gasteiger partial charge in [0, 0.05) is 23.6 Å². The van der Waals surface area contributed by atoms with Crippen molar-refractivity contribution in [2.75, 3.05) is 0 Å². The second kappa shape index (κ2) is 4.61. The zero-order valence-corrected chi connectivity index (χ0v) is 10.3. The number of fused-ring (bicyclic) bond motifs is 1. The van der Waals surface area contributed by atoms with Crippen molar-refractivity contribution in [3.63, 3.8) is 0 Å². The predicted octanol–water partition coefficient (Wildman–Crippen LogP) is 2.67. The Morgan fingerprint density at radius 1 is 1.26 bits per heavy atom. The van der Waals surface area contributed by atoms with Gasteiger partial charge in [0.1, 0.15) is 29.9 Å². The van der Waals surface area contributed by atoms with Crippen molar-refractivity contribution in [1.82, 2.24) is 5.16 Å². The highest BCUT2D eigenvalue weighted by molar-refractivity contribution is 5.81. The summed E-state index contributed by atoms with van der Waals surface area (Å²) in [6.45, 7) is 2.17. The van der Waals surface area contributed by atoms with Crippen LogP contribution in [0.4, 0.5) is 0 Å². The molecule has 3 aromatic rings. The molecule has 5 heteroatoms. The maximum atomic E-state index is 11.3. The summed E-state index contributed by atoms with van der Waals surface area (Å²) in [6.07, 6.45) is 1.49. The van der Waals surface area contributed by atoms with Crippen LogP contribution in [0.2, 0.25) is 0 Å². The van der Waals surface area contributed by atoms with Gasteiger partial charge < -0.3 is 13.7 Å². The molecule has 0 saturated carbocycles. The zero-order valence-electron chi connectivity index (χ0n) is 10.3. The molecule has 19 heavy (non-hydrogen) atoms. The van der Waals surface area contributed by atoms with E-state index in [1.807, 2.05) is 19.1 Å². The lowest BCUT2D eigenvalue weighted by molar-refractivity contribution is 0.289. The van der Waals surface area contributed by atoms with Gasteiger partial charge in [0.2, 0.25) is 0 Å². The molecule has 0 atom stereocenters. The van der Waals surface area contributed by atoms with Crippen LogP contribution in [0.1, 0.15) is 11.3 Å². The zero-order chi connectivity index (χ0) is 13.2. The van der Waals surface area contributed by atoms with Crippen molar-refractivity contribution >= 4 is 11.0 Å². The van der Waals surface area contributed by atoms with E-state index in [1.54, 1.807) is 12.1 Å². The molecule has 0 aliphatic heterocycles. The van der Waals surface area contributed by atoms with Gasteiger partial charge >= 0.3 is 5.63 Å². The Bertz CT molecular complexity index is 759. The van der Waals surface area contributed by atoms with Crippen LogP contribution in [0.25, 0.3) is 11.0 Å². The average Bonchev–Trinajstić information content (AvgIpc) is 2.88. The first kappa shape index (κ1) is 11.5. The van der Waals surface area contributed by atoms with Crippen LogP contribution >= 0.6 is 0 Å². The average molecular weight is 257 g/mol. The Morgan fingerprint density at radius 3 is 2.95 bits per heavy atom. The maximum Gasteiger partial charge on any atom is 0.336 e. The third kappa shape index (κ3) is 2.35. The van der Waals surface area contributed by atoms with E-state index in [0.29, 0.717) is 23.6 Å². The lowest BCUT2D eigenvalue weighted by atomic mass is 10.1. The minimum atomic E-state index is -0.362. The Balaban J connectivity index is 1.91. The van der Waals surface area contributed by atoms with E-state index < -0.39 is 0 Å². The van der Waals surface area contributed by atoms with Crippen LogP contribution in [0.5, 0.6) is 5.75 Å². The highest BCUT2D eigenvalue weighted by atomic mass is 16.5. The monoisotopic (exact) mass is 257 g/mol. The molecule has 5 nitrogen and oxygen atoms in total. The molecule has 0 aliphatic carbocycles. The van der Waals surface area contributed by atoms with Crippen LogP contribution in [0.3, 0.4) is 0 Å². The number of hydrogen-bond acceptors (Lipinski definition) is 5. The molecule has 0 saturated heterocycles. The molecule has 2 aromatic heterocycles. The van der Waals surface area contributed by atoms with Crippen molar-refractivity contribution < 1.29 is 13.7 Å². The standard InChI is InChI=1S/C14H11NO4/c1-9-6-14(16)19-13-7-11(2-3-12(9)13)17-8-10-4-5-18-15-10/h2-7H,8H2,1H3. The molecular weight excluding hydrogens is 246 g/mol. The SMILES string of the molecule is Cc1cc(=O)oc2cc(OCc3ccon3)ccc12. The van der Waals surface area contributed by atoms with E-state index in [4.69, 9.17) is 13.7 Å².